The van der Waals surface area contributed by atoms with Gasteiger partial charge >= 0.3 is 6.03 Å². The Morgan fingerprint density at radius 2 is 1.62 bits per heavy atom. The van der Waals surface area contributed by atoms with Crippen molar-refractivity contribution in [1.82, 2.24) is 15.1 Å². The Bertz CT molecular complexity index is 980. The zero-order chi connectivity index (χ0) is 20.2. The van der Waals surface area contributed by atoms with Crippen molar-refractivity contribution in [2.24, 2.45) is 0 Å². The van der Waals surface area contributed by atoms with Crippen molar-refractivity contribution in [3.05, 3.63) is 71.8 Å². The fraction of sp³-hybridized carbons (Fsp3) is 0.261. The molecule has 6 nitrogen and oxygen atoms in total. The van der Waals surface area contributed by atoms with Crippen LogP contribution in [0.2, 0.25) is 0 Å². The monoisotopic (exact) mass is 387 g/mol. The van der Waals surface area contributed by atoms with E-state index in [4.69, 9.17) is 0 Å². The molecule has 2 amide bonds. The minimum Gasteiger partial charge on any atom is -0.352 e. The highest BCUT2D eigenvalue weighted by Gasteiger charge is 2.22. The number of benzene rings is 2. The Labute approximate surface area is 171 Å². The third-order valence-electron chi connectivity index (χ3n) is 5.46. The van der Waals surface area contributed by atoms with Crippen LogP contribution in [0.5, 0.6) is 0 Å². The van der Waals surface area contributed by atoms with Gasteiger partial charge in [0, 0.05) is 37.4 Å². The van der Waals surface area contributed by atoms with E-state index in [1.165, 1.54) is 5.56 Å². The van der Waals surface area contributed by atoms with Crippen LogP contribution in [0.25, 0.3) is 11.3 Å². The molecule has 4 rings (SSSR count). The van der Waals surface area contributed by atoms with Gasteiger partial charge in [-0.2, -0.15) is 0 Å². The number of hydrogen-bond acceptors (Lipinski definition) is 4. The zero-order valence-corrected chi connectivity index (χ0v) is 16.8. The number of anilines is 2. The molecule has 1 aliphatic heterocycles. The number of piperazine rings is 1. The quantitative estimate of drug-likeness (QED) is 0.735. The largest absolute Gasteiger partial charge is 0.352 e. The molecule has 0 saturated carbocycles. The first-order chi connectivity index (χ1) is 14.1. The van der Waals surface area contributed by atoms with Crippen LogP contribution in [-0.4, -0.2) is 47.3 Å². The number of aryl methyl sites for hydroxylation is 1. The molecule has 6 heteroatoms. The fourth-order valence-electron chi connectivity index (χ4n) is 3.48. The second kappa shape index (κ2) is 8.31. The summed E-state index contributed by atoms with van der Waals surface area (Å²) in [6.07, 6.45) is 0. The lowest BCUT2D eigenvalue weighted by Gasteiger charge is -2.35. The minimum atomic E-state index is -0.0520. The van der Waals surface area contributed by atoms with E-state index in [1.807, 2.05) is 79.4 Å². The number of amides is 2. The van der Waals surface area contributed by atoms with Gasteiger partial charge in [-0.3, -0.25) is 0 Å². The van der Waals surface area contributed by atoms with Crippen LogP contribution >= 0.6 is 0 Å². The van der Waals surface area contributed by atoms with E-state index in [-0.39, 0.29) is 6.03 Å². The molecule has 0 spiro atoms. The van der Waals surface area contributed by atoms with Crippen molar-refractivity contribution in [3.63, 3.8) is 0 Å². The molecule has 3 aromatic rings. The highest BCUT2D eigenvalue weighted by atomic mass is 16.2. The normalized spacial score (nSPS) is 14.0. The van der Waals surface area contributed by atoms with E-state index in [2.05, 4.69) is 20.4 Å². The number of rotatable bonds is 3. The minimum absolute atomic E-state index is 0.0520. The van der Waals surface area contributed by atoms with Crippen LogP contribution in [-0.2, 0) is 0 Å². The lowest BCUT2D eigenvalue weighted by atomic mass is 10.1. The Morgan fingerprint density at radius 3 is 2.31 bits per heavy atom. The molecule has 0 bridgehead atoms. The maximum absolute atomic E-state index is 12.6. The van der Waals surface area contributed by atoms with Crippen molar-refractivity contribution in [1.29, 1.82) is 0 Å². The summed E-state index contributed by atoms with van der Waals surface area (Å²) in [4.78, 5) is 16.7. The lowest BCUT2D eigenvalue weighted by molar-refractivity contribution is 0.208. The van der Waals surface area contributed by atoms with Crippen molar-refractivity contribution in [2.45, 2.75) is 13.8 Å². The standard InChI is InChI=1S/C23H25N5O/c1-17-7-6-10-20(18(17)2)24-23(29)28-15-13-27(14-16-28)22-12-11-21(25-26-22)19-8-4-3-5-9-19/h3-12H,13-16H2,1-2H3,(H,24,29). The fourth-order valence-corrected chi connectivity index (χ4v) is 3.48. The van der Waals surface area contributed by atoms with E-state index >= 15 is 0 Å². The van der Waals surface area contributed by atoms with Gasteiger partial charge in [-0.15, -0.1) is 10.2 Å². The van der Waals surface area contributed by atoms with Gasteiger partial charge in [0.05, 0.1) is 5.69 Å². The summed E-state index contributed by atoms with van der Waals surface area (Å²) in [6.45, 7) is 6.85. The zero-order valence-electron chi connectivity index (χ0n) is 16.8. The summed E-state index contributed by atoms with van der Waals surface area (Å²) >= 11 is 0. The van der Waals surface area contributed by atoms with E-state index < -0.39 is 0 Å². The van der Waals surface area contributed by atoms with Gasteiger partial charge in [-0.05, 0) is 43.2 Å². The van der Waals surface area contributed by atoms with E-state index in [0.717, 1.165) is 41.4 Å². The average molecular weight is 387 g/mol. The van der Waals surface area contributed by atoms with Gasteiger partial charge in [-0.1, -0.05) is 42.5 Å². The Kier molecular flexibility index (Phi) is 5.42. The molecule has 1 aliphatic rings. The van der Waals surface area contributed by atoms with Crippen LogP contribution in [0.15, 0.2) is 60.7 Å². The number of carbonyl (C=O) groups is 1. The first kappa shape index (κ1) is 18.9. The van der Waals surface area contributed by atoms with Gasteiger partial charge in [0.25, 0.3) is 0 Å². The summed E-state index contributed by atoms with van der Waals surface area (Å²) in [5.74, 6) is 0.847. The molecule has 1 fully saturated rings. The van der Waals surface area contributed by atoms with Crippen LogP contribution in [0, 0.1) is 13.8 Å². The smallest absolute Gasteiger partial charge is 0.321 e. The van der Waals surface area contributed by atoms with E-state index in [0.29, 0.717) is 13.1 Å². The molecule has 1 N–H and O–H groups in total. The molecule has 1 aromatic heterocycles. The summed E-state index contributed by atoms with van der Waals surface area (Å²) in [7, 11) is 0. The van der Waals surface area contributed by atoms with Crippen LogP contribution in [0.1, 0.15) is 11.1 Å². The summed E-state index contributed by atoms with van der Waals surface area (Å²) < 4.78 is 0. The topological polar surface area (TPSA) is 61.4 Å². The van der Waals surface area contributed by atoms with E-state index in [1.54, 1.807) is 0 Å². The molecule has 29 heavy (non-hydrogen) atoms. The van der Waals surface area contributed by atoms with Crippen molar-refractivity contribution in [2.75, 3.05) is 36.4 Å². The third-order valence-corrected chi connectivity index (χ3v) is 5.46. The van der Waals surface area contributed by atoms with Crippen molar-refractivity contribution >= 4 is 17.5 Å². The third kappa shape index (κ3) is 4.21. The van der Waals surface area contributed by atoms with Gasteiger partial charge in [0.2, 0.25) is 0 Å². The number of urea groups is 1. The Morgan fingerprint density at radius 1 is 0.862 bits per heavy atom. The molecule has 148 valence electrons. The predicted octanol–water partition coefficient (Wildman–Crippen LogP) is 4.11. The number of carbonyl (C=O) groups excluding carboxylic acids is 1. The van der Waals surface area contributed by atoms with E-state index in [9.17, 15) is 4.79 Å². The van der Waals surface area contributed by atoms with Crippen LogP contribution < -0.4 is 10.2 Å². The second-order valence-electron chi connectivity index (χ2n) is 7.29. The van der Waals surface area contributed by atoms with Gasteiger partial charge in [0.1, 0.15) is 0 Å². The SMILES string of the molecule is Cc1cccc(NC(=O)N2CCN(c3ccc(-c4ccccc4)nn3)CC2)c1C. The number of nitrogens with zero attached hydrogens (tertiary/aromatic N) is 4. The molecule has 2 aromatic carbocycles. The van der Waals surface area contributed by atoms with Gasteiger partial charge in [-0.25, -0.2) is 4.79 Å². The molecule has 0 atom stereocenters. The maximum Gasteiger partial charge on any atom is 0.321 e. The second-order valence-corrected chi connectivity index (χ2v) is 7.29. The summed E-state index contributed by atoms with van der Waals surface area (Å²) in [6, 6.07) is 19.9. The van der Waals surface area contributed by atoms with Crippen molar-refractivity contribution in [3.8, 4) is 11.3 Å². The highest BCUT2D eigenvalue weighted by molar-refractivity contribution is 5.90. The molecule has 2 heterocycles. The van der Waals surface area contributed by atoms with Gasteiger partial charge < -0.3 is 15.1 Å². The number of nitrogens with one attached hydrogen (secondary N) is 1. The molecular formula is C23H25N5O. The number of aromatic nitrogens is 2. The highest BCUT2D eigenvalue weighted by Crippen LogP contribution is 2.21. The maximum atomic E-state index is 12.6. The Balaban J connectivity index is 1.35. The van der Waals surface area contributed by atoms with Gasteiger partial charge in [0.15, 0.2) is 5.82 Å². The summed E-state index contributed by atoms with van der Waals surface area (Å²) in [5.41, 5.74) is 5.07. The molecule has 0 aliphatic carbocycles. The summed E-state index contributed by atoms with van der Waals surface area (Å²) in [5, 5.41) is 11.8. The first-order valence-corrected chi connectivity index (χ1v) is 9.88. The average Bonchev–Trinajstić information content (AvgIpc) is 2.78. The number of hydrogen-bond donors (Lipinski definition) is 1. The molecule has 0 radical (unpaired) electrons. The molecular weight excluding hydrogens is 362 g/mol. The molecule has 1 saturated heterocycles. The first-order valence-electron chi connectivity index (χ1n) is 9.88. The lowest BCUT2D eigenvalue weighted by Crippen LogP contribution is -2.50. The van der Waals surface area contributed by atoms with Crippen molar-refractivity contribution < 1.29 is 4.79 Å². The molecule has 0 unspecified atom stereocenters. The van der Waals surface area contributed by atoms with Crippen LogP contribution in [0.4, 0.5) is 16.3 Å². The predicted molar refractivity (Wildman–Crippen MR) is 116 cm³/mol. The Hall–Kier alpha value is -3.41. The van der Waals surface area contributed by atoms with Crippen LogP contribution in [0.3, 0.4) is 0 Å².